The summed E-state index contributed by atoms with van der Waals surface area (Å²) in [6.45, 7) is 1.34. The molecule has 1 aliphatic rings. The summed E-state index contributed by atoms with van der Waals surface area (Å²) in [6.07, 6.45) is 3.01. The number of hydrogen-bond donors (Lipinski definition) is 2. The van der Waals surface area contributed by atoms with E-state index in [0.717, 1.165) is 23.0 Å². The Balaban J connectivity index is 1.76. The largest absolute Gasteiger partial charge is 0.465 e. The molecular weight excluding hydrogens is 338 g/mol. The molecule has 0 aliphatic carbocycles. The predicted octanol–water partition coefficient (Wildman–Crippen LogP) is 1.89. The quantitative estimate of drug-likeness (QED) is 0.808. The van der Waals surface area contributed by atoms with Gasteiger partial charge in [0.1, 0.15) is 4.60 Å². The molecule has 1 saturated heterocycles. The molecule has 6 nitrogen and oxygen atoms in total. The molecule has 1 fully saturated rings. The van der Waals surface area contributed by atoms with Crippen LogP contribution in [0.5, 0.6) is 0 Å². The Bertz CT molecular complexity index is 507. The first kappa shape index (κ1) is 15.8. The average Bonchev–Trinajstić information content (AvgIpc) is 2.49. The van der Waals surface area contributed by atoms with Crippen molar-refractivity contribution in [1.29, 1.82) is 0 Å². The van der Waals surface area contributed by atoms with E-state index in [1.54, 1.807) is 6.20 Å². The summed E-state index contributed by atoms with van der Waals surface area (Å²) in [6, 6.07) is 3.82. The Morgan fingerprint density at radius 2 is 2.29 bits per heavy atom. The second kappa shape index (κ2) is 7.40. The lowest BCUT2D eigenvalue weighted by molar-refractivity contribution is -0.126. The van der Waals surface area contributed by atoms with Crippen LogP contribution in [0.4, 0.5) is 4.79 Å². The van der Waals surface area contributed by atoms with Crippen LogP contribution in [-0.2, 0) is 11.2 Å². The Kier molecular flexibility index (Phi) is 5.55. The second-order valence-electron chi connectivity index (χ2n) is 5.10. The molecule has 0 aromatic carbocycles. The standard InChI is InChI=1S/C14H18BrN3O3/c15-12-4-3-10(8-17-12)5-6-16-13(19)11-2-1-7-18(9-11)14(20)21/h3-4,8,11H,1-2,5-7,9H2,(H,16,19)(H,20,21). The van der Waals surface area contributed by atoms with Gasteiger partial charge in [0.2, 0.25) is 5.91 Å². The number of nitrogens with one attached hydrogen (secondary N) is 1. The summed E-state index contributed by atoms with van der Waals surface area (Å²) in [7, 11) is 0. The number of piperidine rings is 1. The maximum Gasteiger partial charge on any atom is 0.407 e. The van der Waals surface area contributed by atoms with Gasteiger partial charge in [-0.25, -0.2) is 9.78 Å². The number of rotatable bonds is 4. The van der Waals surface area contributed by atoms with Gasteiger partial charge in [0, 0.05) is 25.8 Å². The normalized spacial score (nSPS) is 18.3. The molecule has 1 aliphatic heterocycles. The van der Waals surface area contributed by atoms with Crippen molar-refractivity contribution in [2.75, 3.05) is 19.6 Å². The Hall–Kier alpha value is -1.63. The first-order valence-corrected chi connectivity index (χ1v) is 7.71. The minimum atomic E-state index is -0.951. The first-order chi connectivity index (χ1) is 10.1. The molecule has 21 heavy (non-hydrogen) atoms. The predicted molar refractivity (Wildman–Crippen MR) is 81.0 cm³/mol. The maximum atomic E-state index is 12.1. The number of carbonyl (C=O) groups excluding carboxylic acids is 1. The summed E-state index contributed by atoms with van der Waals surface area (Å²) in [5.74, 6) is -0.302. The van der Waals surface area contributed by atoms with E-state index in [9.17, 15) is 9.59 Å². The molecular formula is C14H18BrN3O3. The van der Waals surface area contributed by atoms with Gasteiger partial charge in [0.25, 0.3) is 0 Å². The molecule has 7 heteroatoms. The third-order valence-electron chi connectivity index (χ3n) is 3.56. The van der Waals surface area contributed by atoms with Gasteiger partial charge < -0.3 is 15.3 Å². The van der Waals surface area contributed by atoms with Crippen LogP contribution in [-0.4, -0.2) is 46.6 Å². The number of pyridine rings is 1. The number of halogens is 1. The molecule has 1 unspecified atom stereocenters. The molecule has 0 saturated carbocycles. The van der Waals surface area contributed by atoms with Crippen LogP contribution in [0.2, 0.25) is 0 Å². The minimum absolute atomic E-state index is 0.0639. The van der Waals surface area contributed by atoms with Crippen LogP contribution in [0.25, 0.3) is 0 Å². The Morgan fingerprint density at radius 1 is 1.48 bits per heavy atom. The van der Waals surface area contributed by atoms with Crippen LogP contribution in [0.15, 0.2) is 22.9 Å². The SMILES string of the molecule is O=C(NCCc1ccc(Br)nc1)C1CCCN(C(=O)O)C1. The summed E-state index contributed by atoms with van der Waals surface area (Å²) in [5, 5.41) is 11.8. The number of aromatic nitrogens is 1. The lowest BCUT2D eigenvalue weighted by Crippen LogP contribution is -2.45. The molecule has 0 spiro atoms. The maximum absolute atomic E-state index is 12.1. The van der Waals surface area contributed by atoms with Crippen molar-refractivity contribution in [2.24, 2.45) is 5.92 Å². The zero-order valence-corrected chi connectivity index (χ0v) is 13.2. The highest BCUT2D eigenvalue weighted by Crippen LogP contribution is 2.16. The highest BCUT2D eigenvalue weighted by molar-refractivity contribution is 9.10. The molecule has 1 aromatic rings. The fourth-order valence-electron chi connectivity index (χ4n) is 2.39. The number of likely N-dealkylation sites (tertiary alicyclic amines) is 1. The van der Waals surface area contributed by atoms with Crippen molar-refractivity contribution in [2.45, 2.75) is 19.3 Å². The molecule has 1 atom stereocenters. The molecule has 0 bridgehead atoms. The van der Waals surface area contributed by atoms with E-state index in [1.165, 1.54) is 4.90 Å². The van der Waals surface area contributed by atoms with Crippen LogP contribution in [0, 0.1) is 5.92 Å². The van der Waals surface area contributed by atoms with Crippen LogP contribution in [0.1, 0.15) is 18.4 Å². The van der Waals surface area contributed by atoms with Gasteiger partial charge in [0.15, 0.2) is 0 Å². The molecule has 2 N–H and O–H groups in total. The van der Waals surface area contributed by atoms with Crippen molar-refractivity contribution in [3.05, 3.63) is 28.5 Å². The Morgan fingerprint density at radius 3 is 2.95 bits per heavy atom. The topological polar surface area (TPSA) is 82.5 Å². The minimum Gasteiger partial charge on any atom is -0.465 e. The molecule has 0 radical (unpaired) electrons. The highest BCUT2D eigenvalue weighted by atomic mass is 79.9. The molecule has 114 valence electrons. The number of nitrogens with zero attached hydrogens (tertiary/aromatic N) is 2. The molecule has 1 aromatic heterocycles. The lowest BCUT2D eigenvalue weighted by Gasteiger charge is -2.29. The van der Waals surface area contributed by atoms with Crippen LogP contribution < -0.4 is 5.32 Å². The summed E-state index contributed by atoms with van der Waals surface area (Å²) in [4.78, 5) is 28.4. The molecule has 2 heterocycles. The van der Waals surface area contributed by atoms with Crippen molar-refractivity contribution < 1.29 is 14.7 Å². The fraction of sp³-hybridized carbons (Fsp3) is 0.500. The monoisotopic (exact) mass is 355 g/mol. The van der Waals surface area contributed by atoms with E-state index in [2.05, 4.69) is 26.2 Å². The summed E-state index contributed by atoms with van der Waals surface area (Å²) in [5.41, 5.74) is 1.05. The molecule has 2 amide bonds. The van der Waals surface area contributed by atoms with Gasteiger partial charge in [-0.05, 0) is 46.8 Å². The van der Waals surface area contributed by atoms with E-state index in [1.807, 2.05) is 12.1 Å². The third kappa shape index (κ3) is 4.70. The van der Waals surface area contributed by atoms with E-state index >= 15 is 0 Å². The van der Waals surface area contributed by atoms with Crippen LogP contribution >= 0.6 is 15.9 Å². The smallest absolute Gasteiger partial charge is 0.407 e. The summed E-state index contributed by atoms with van der Waals surface area (Å²) >= 11 is 3.27. The van der Waals surface area contributed by atoms with Gasteiger partial charge in [-0.15, -0.1) is 0 Å². The van der Waals surface area contributed by atoms with Crippen LogP contribution in [0.3, 0.4) is 0 Å². The van der Waals surface area contributed by atoms with Gasteiger partial charge in [-0.1, -0.05) is 6.07 Å². The lowest BCUT2D eigenvalue weighted by atomic mass is 9.97. The van der Waals surface area contributed by atoms with Gasteiger partial charge in [-0.2, -0.15) is 0 Å². The zero-order chi connectivity index (χ0) is 15.2. The van der Waals surface area contributed by atoms with E-state index in [-0.39, 0.29) is 11.8 Å². The third-order valence-corrected chi connectivity index (χ3v) is 4.03. The van der Waals surface area contributed by atoms with Crippen molar-refractivity contribution in [1.82, 2.24) is 15.2 Å². The van der Waals surface area contributed by atoms with E-state index in [0.29, 0.717) is 26.1 Å². The van der Waals surface area contributed by atoms with Gasteiger partial charge in [-0.3, -0.25) is 4.79 Å². The summed E-state index contributed by atoms with van der Waals surface area (Å²) < 4.78 is 0.784. The van der Waals surface area contributed by atoms with Crippen molar-refractivity contribution in [3.63, 3.8) is 0 Å². The fourth-order valence-corrected chi connectivity index (χ4v) is 2.63. The second-order valence-corrected chi connectivity index (χ2v) is 5.91. The van der Waals surface area contributed by atoms with Crippen molar-refractivity contribution >= 4 is 27.9 Å². The number of carbonyl (C=O) groups is 2. The van der Waals surface area contributed by atoms with Gasteiger partial charge in [0.05, 0.1) is 5.92 Å². The Labute approximate surface area is 131 Å². The number of carboxylic acid groups (broad SMARTS) is 1. The number of amides is 2. The highest BCUT2D eigenvalue weighted by Gasteiger charge is 2.27. The van der Waals surface area contributed by atoms with E-state index < -0.39 is 6.09 Å². The first-order valence-electron chi connectivity index (χ1n) is 6.92. The van der Waals surface area contributed by atoms with Gasteiger partial charge >= 0.3 is 6.09 Å². The average molecular weight is 356 g/mol. The van der Waals surface area contributed by atoms with Crippen molar-refractivity contribution in [3.8, 4) is 0 Å². The van der Waals surface area contributed by atoms with E-state index in [4.69, 9.17) is 5.11 Å². The zero-order valence-electron chi connectivity index (χ0n) is 11.6. The number of hydrogen-bond acceptors (Lipinski definition) is 3. The molecule has 2 rings (SSSR count).